The lowest BCUT2D eigenvalue weighted by Gasteiger charge is -2.11. The molecule has 2 aromatic rings. The van der Waals surface area contributed by atoms with Gasteiger partial charge < -0.3 is 15.8 Å². The molecule has 0 bridgehead atoms. The predicted molar refractivity (Wildman–Crippen MR) is 78.7 cm³/mol. The average Bonchev–Trinajstić information content (AvgIpc) is 2.49. The maximum Gasteiger partial charge on any atom is 0.242 e. The van der Waals surface area contributed by atoms with E-state index in [4.69, 9.17) is 10.5 Å². The predicted octanol–water partition coefficient (Wildman–Crippen LogP) is 1.90. The third-order valence-corrected chi connectivity index (χ3v) is 2.72. The molecule has 20 heavy (non-hydrogen) atoms. The Bertz CT molecular complexity index is 532. The van der Waals surface area contributed by atoms with E-state index in [2.05, 4.69) is 20.3 Å². The summed E-state index contributed by atoms with van der Waals surface area (Å²) in [5.41, 5.74) is 7.59. The fourth-order valence-electron chi connectivity index (χ4n) is 1.71. The van der Waals surface area contributed by atoms with Gasteiger partial charge in [0.25, 0.3) is 0 Å². The van der Waals surface area contributed by atoms with Crippen molar-refractivity contribution in [2.24, 2.45) is 0 Å². The summed E-state index contributed by atoms with van der Waals surface area (Å²) >= 11 is 0. The Balaban J connectivity index is 1.92. The van der Waals surface area contributed by atoms with Crippen molar-refractivity contribution in [2.45, 2.75) is 19.8 Å². The summed E-state index contributed by atoms with van der Waals surface area (Å²) in [6, 6.07) is 3.96. The quantitative estimate of drug-likeness (QED) is 0.801. The first-order valence-corrected chi connectivity index (χ1v) is 6.67. The van der Waals surface area contributed by atoms with Gasteiger partial charge in [0, 0.05) is 18.9 Å². The number of nitrogens with one attached hydrogen (secondary N) is 1. The summed E-state index contributed by atoms with van der Waals surface area (Å²) < 4.78 is 5.47. The number of rotatable bonds is 7. The van der Waals surface area contributed by atoms with Crippen LogP contribution in [0.2, 0.25) is 0 Å². The first-order chi connectivity index (χ1) is 9.81. The van der Waals surface area contributed by atoms with E-state index in [9.17, 15) is 0 Å². The van der Waals surface area contributed by atoms with E-state index in [1.807, 2.05) is 25.3 Å². The number of hydrogen-bond acceptors (Lipinski definition) is 6. The van der Waals surface area contributed by atoms with Crippen molar-refractivity contribution in [1.29, 1.82) is 0 Å². The second-order valence-corrected chi connectivity index (χ2v) is 4.33. The number of anilines is 2. The highest BCUT2D eigenvalue weighted by Gasteiger charge is 2.08. The molecule has 6 nitrogen and oxygen atoms in total. The molecule has 0 saturated heterocycles. The highest BCUT2D eigenvalue weighted by Crippen LogP contribution is 2.24. The van der Waals surface area contributed by atoms with Gasteiger partial charge in [-0.2, -0.15) is 4.98 Å². The Morgan fingerprint density at radius 1 is 1.35 bits per heavy atom. The molecule has 0 aromatic carbocycles. The van der Waals surface area contributed by atoms with Crippen LogP contribution in [0.3, 0.4) is 0 Å². The second-order valence-electron chi connectivity index (χ2n) is 4.33. The van der Waals surface area contributed by atoms with Crippen LogP contribution in [-0.4, -0.2) is 28.1 Å². The second kappa shape index (κ2) is 7.28. The minimum atomic E-state index is 0.436. The van der Waals surface area contributed by atoms with E-state index >= 15 is 0 Å². The van der Waals surface area contributed by atoms with Gasteiger partial charge in [-0.3, -0.25) is 4.98 Å². The first kappa shape index (κ1) is 14.0. The minimum Gasteiger partial charge on any atom is -0.476 e. The van der Waals surface area contributed by atoms with Crippen molar-refractivity contribution in [3.63, 3.8) is 0 Å². The Kier molecular flexibility index (Phi) is 5.11. The average molecular weight is 273 g/mol. The van der Waals surface area contributed by atoms with Crippen LogP contribution in [0.1, 0.15) is 18.9 Å². The van der Waals surface area contributed by atoms with Crippen LogP contribution in [-0.2, 0) is 6.42 Å². The van der Waals surface area contributed by atoms with Crippen LogP contribution < -0.4 is 15.8 Å². The van der Waals surface area contributed by atoms with Crippen molar-refractivity contribution < 1.29 is 4.74 Å². The molecule has 0 aliphatic carbocycles. The standard InChI is InChI=1S/C14H19N5O/c1-2-8-20-14-12(15)13(18-10-19-14)17-7-5-11-4-3-6-16-9-11/h3-4,6,9-10H,2,5,7-8,15H2,1H3,(H,17,18,19). The van der Waals surface area contributed by atoms with Crippen LogP contribution in [0.25, 0.3) is 0 Å². The normalized spacial score (nSPS) is 10.2. The number of nitrogens with zero attached hydrogens (tertiary/aromatic N) is 3. The van der Waals surface area contributed by atoms with Crippen molar-refractivity contribution in [1.82, 2.24) is 15.0 Å². The number of pyridine rings is 1. The van der Waals surface area contributed by atoms with E-state index in [1.165, 1.54) is 6.33 Å². The van der Waals surface area contributed by atoms with Gasteiger partial charge >= 0.3 is 0 Å². The van der Waals surface area contributed by atoms with E-state index in [0.29, 0.717) is 24.0 Å². The molecule has 0 atom stereocenters. The molecule has 0 amide bonds. The van der Waals surface area contributed by atoms with E-state index in [-0.39, 0.29) is 0 Å². The van der Waals surface area contributed by atoms with E-state index in [1.54, 1.807) is 6.20 Å². The Morgan fingerprint density at radius 2 is 2.25 bits per heavy atom. The minimum absolute atomic E-state index is 0.436. The zero-order chi connectivity index (χ0) is 14.2. The monoisotopic (exact) mass is 273 g/mol. The number of hydrogen-bond donors (Lipinski definition) is 2. The summed E-state index contributed by atoms with van der Waals surface area (Å²) in [5, 5.41) is 3.19. The smallest absolute Gasteiger partial charge is 0.242 e. The number of nitrogens with two attached hydrogens (primary N) is 1. The number of nitrogen functional groups attached to an aromatic ring is 1. The zero-order valence-electron chi connectivity index (χ0n) is 11.5. The lowest BCUT2D eigenvalue weighted by Crippen LogP contribution is -2.10. The van der Waals surface area contributed by atoms with Crippen LogP contribution in [0.15, 0.2) is 30.9 Å². The van der Waals surface area contributed by atoms with E-state index < -0.39 is 0 Å². The van der Waals surface area contributed by atoms with Crippen LogP contribution in [0.5, 0.6) is 5.88 Å². The maximum absolute atomic E-state index is 5.98. The molecule has 106 valence electrons. The van der Waals surface area contributed by atoms with Crippen LogP contribution in [0.4, 0.5) is 11.5 Å². The summed E-state index contributed by atoms with van der Waals surface area (Å²) in [7, 11) is 0. The highest BCUT2D eigenvalue weighted by molar-refractivity contribution is 5.66. The molecule has 0 radical (unpaired) electrons. The topological polar surface area (TPSA) is 86.0 Å². The lowest BCUT2D eigenvalue weighted by molar-refractivity contribution is 0.306. The Hall–Kier alpha value is -2.37. The van der Waals surface area contributed by atoms with Gasteiger partial charge in [-0.25, -0.2) is 4.98 Å². The fourth-order valence-corrected chi connectivity index (χ4v) is 1.71. The van der Waals surface area contributed by atoms with Gasteiger partial charge in [-0.15, -0.1) is 0 Å². The summed E-state index contributed by atoms with van der Waals surface area (Å²) in [5.74, 6) is 1.04. The van der Waals surface area contributed by atoms with Crippen molar-refractivity contribution >= 4 is 11.5 Å². The maximum atomic E-state index is 5.98. The van der Waals surface area contributed by atoms with Crippen LogP contribution >= 0.6 is 0 Å². The molecule has 2 aromatic heterocycles. The van der Waals surface area contributed by atoms with Gasteiger partial charge in [-0.1, -0.05) is 13.0 Å². The van der Waals surface area contributed by atoms with Gasteiger partial charge in [0.1, 0.15) is 12.0 Å². The van der Waals surface area contributed by atoms with Gasteiger partial charge in [-0.05, 0) is 24.5 Å². The van der Waals surface area contributed by atoms with Gasteiger partial charge in [0.15, 0.2) is 5.82 Å². The van der Waals surface area contributed by atoms with Gasteiger partial charge in [0.2, 0.25) is 5.88 Å². The SMILES string of the molecule is CCCOc1ncnc(NCCc2cccnc2)c1N. The molecule has 0 spiro atoms. The molecule has 6 heteroatoms. The van der Waals surface area contributed by atoms with E-state index in [0.717, 1.165) is 24.9 Å². The molecule has 2 heterocycles. The molecule has 2 rings (SSSR count). The number of ether oxygens (including phenoxy) is 1. The molecule has 0 fully saturated rings. The molecular weight excluding hydrogens is 254 g/mol. The fraction of sp³-hybridized carbons (Fsp3) is 0.357. The first-order valence-electron chi connectivity index (χ1n) is 6.67. The van der Waals surface area contributed by atoms with Crippen molar-refractivity contribution in [3.8, 4) is 5.88 Å². The molecule has 0 unspecified atom stereocenters. The summed E-state index contributed by atoms with van der Waals surface area (Å²) in [6.07, 6.45) is 6.82. The lowest BCUT2D eigenvalue weighted by atomic mass is 10.2. The Morgan fingerprint density at radius 3 is 3.00 bits per heavy atom. The van der Waals surface area contributed by atoms with Gasteiger partial charge in [0.05, 0.1) is 6.61 Å². The third kappa shape index (κ3) is 3.81. The molecule has 0 aliphatic heterocycles. The van der Waals surface area contributed by atoms with Crippen molar-refractivity contribution in [3.05, 3.63) is 36.4 Å². The highest BCUT2D eigenvalue weighted by atomic mass is 16.5. The number of aromatic nitrogens is 3. The van der Waals surface area contributed by atoms with Crippen LogP contribution in [0, 0.1) is 0 Å². The molecule has 0 saturated carbocycles. The largest absolute Gasteiger partial charge is 0.476 e. The molecular formula is C14H19N5O. The molecule has 0 aliphatic rings. The summed E-state index contributed by atoms with van der Waals surface area (Å²) in [6.45, 7) is 3.35. The third-order valence-electron chi connectivity index (χ3n) is 2.72. The van der Waals surface area contributed by atoms with Crippen molar-refractivity contribution in [2.75, 3.05) is 24.2 Å². The molecule has 3 N–H and O–H groups in total. The summed E-state index contributed by atoms with van der Waals surface area (Å²) in [4.78, 5) is 12.2. The zero-order valence-corrected chi connectivity index (χ0v) is 11.5. The Labute approximate surface area is 118 Å².